The van der Waals surface area contributed by atoms with E-state index in [-0.39, 0.29) is 11.8 Å². The summed E-state index contributed by atoms with van der Waals surface area (Å²) in [6.07, 6.45) is 1.44. The molecule has 2 amide bonds. The molecule has 0 radical (unpaired) electrons. The lowest BCUT2D eigenvalue weighted by atomic mass is 10.1. The fourth-order valence-corrected chi connectivity index (χ4v) is 4.11. The molecule has 0 aliphatic heterocycles. The summed E-state index contributed by atoms with van der Waals surface area (Å²) in [7, 11) is 1.55. The normalized spacial score (nSPS) is 14.6. The first-order valence-corrected chi connectivity index (χ1v) is 10.0. The quantitative estimate of drug-likeness (QED) is 0.502. The van der Waals surface area contributed by atoms with Crippen molar-refractivity contribution in [1.82, 2.24) is 10.3 Å². The molecule has 3 rings (SSSR count). The Morgan fingerprint density at radius 2 is 2.07 bits per heavy atom. The summed E-state index contributed by atoms with van der Waals surface area (Å²) in [6.45, 7) is 2.54. The Morgan fingerprint density at radius 1 is 1.32 bits per heavy atom. The first-order valence-electron chi connectivity index (χ1n) is 8.84. The molecule has 1 aliphatic carbocycles. The number of nitrogens with one attached hydrogen (secondary N) is 2. The number of amides is 2. The van der Waals surface area contributed by atoms with Crippen molar-refractivity contribution in [3.8, 4) is 0 Å². The van der Waals surface area contributed by atoms with Crippen LogP contribution in [0, 0.1) is 18.2 Å². The van der Waals surface area contributed by atoms with Crippen molar-refractivity contribution in [2.45, 2.75) is 26.2 Å². The molecular weight excluding hydrogens is 405 g/mol. The van der Waals surface area contributed by atoms with Crippen LogP contribution in [0.5, 0.6) is 0 Å². The number of nitrogens with zero attached hydrogens (tertiary/aromatic N) is 1. The second kappa shape index (κ2) is 8.55. The molecule has 1 heterocycles. The molecule has 2 aromatic rings. The summed E-state index contributed by atoms with van der Waals surface area (Å²) >= 11 is 7.21. The SMILES string of the molecule is COCCNC(=O)C1(C(=O)Nc2sc(Cc3cc(F)cc(Cl)c3)nc2C)CC1. The van der Waals surface area contributed by atoms with Crippen LogP contribution in [-0.2, 0) is 20.7 Å². The molecule has 2 N–H and O–H groups in total. The minimum Gasteiger partial charge on any atom is -0.383 e. The van der Waals surface area contributed by atoms with Crippen molar-refractivity contribution in [3.05, 3.63) is 45.3 Å². The van der Waals surface area contributed by atoms with Gasteiger partial charge in [-0.25, -0.2) is 9.37 Å². The van der Waals surface area contributed by atoms with Crippen LogP contribution in [0.2, 0.25) is 5.02 Å². The predicted molar refractivity (Wildman–Crippen MR) is 106 cm³/mol. The highest BCUT2D eigenvalue weighted by Crippen LogP contribution is 2.47. The third-order valence-electron chi connectivity index (χ3n) is 4.56. The molecular formula is C19H21ClFN3O3S. The highest BCUT2D eigenvalue weighted by molar-refractivity contribution is 7.16. The van der Waals surface area contributed by atoms with Crippen molar-refractivity contribution in [3.63, 3.8) is 0 Å². The zero-order valence-corrected chi connectivity index (χ0v) is 17.2. The third-order valence-corrected chi connectivity index (χ3v) is 5.85. The minimum atomic E-state index is -1.01. The molecule has 0 unspecified atom stereocenters. The van der Waals surface area contributed by atoms with Crippen LogP contribution in [-0.4, -0.2) is 37.1 Å². The lowest BCUT2D eigenvalue weighted by Crippen LogP contribution is -2.41. The second-order valence-corrected chi connectivity index (χ2v) is 8.28. The van der Waals surface area contributed by atoms with E-state index in [4.69, 9.17) is 16.3 Å². The molecule has 0 spiro atoms. The maximum absolute atomic E-state index is 13.5. The van der Waals surface area contributed by atoms with Crippen LogP contribution < -0.4 is 10.6 Å². The third kappa shape index (κ3) is 4.68. The van der Waals surface area contributed by atoms with E-state index in [1.165, 1.54) is 23.5 Å². The van der Waals surface area contributed by atoms with E-state index in [1.54, 1.807) is 20.1 Å². The van der Waals surface area contributed by atoms with Crippen LogP contribution in [0.25, 0.3) is 0 Å². The monoisotopic (exact) mass is 425 g/mol. The molecule has 1 aromatic carbocycles. The van der Waals surface area contributed by atoms with Crippen molar-refractivity contribution in [2.75, 3.05) is 25.6 Å². The fourth-order valence-electron chi connectivity index (χ4n) is 2.87. The number of rotatable bonds is 8. The van der Waals surface area contributed by atoms with E-state index in [9.17, 15) is 14.0 Å². The number of carbonyl (C=O) groups is 2. The molecule has 28 heavy (non-hydrogen) atoms. The van der Waals surface area contributed by atoms with Gasteiger partial charge in [0.25, 0.3) is 0 Å². The molecule has 1 aromatic heterocycles. The number of methoxy groups -OCH3 is 1. The van der Waals surface area contributed by atoms with Crippen molar-refractivity contribution in [2.24, 2.45) is 5.41 Å². The summed E-state index contributed by atoms with van der Waals surface area (Å²) < 4.78 is 18.4. The standard InChI is InChI=1S/C19H21ClFN3O3S/c1-11-16(24-18(26)19(3-4-19)17(25)22-5-6-27-2)28-15(23-11)9-12-7-13(20)10-14(21)8-12/h7-8,10H,3-6,9H2,1-2H3,(H,22,25)(H,24,26). The van der Waals surface area contributed by atoms with Gasteiger partial charge < -0.3 is 15.4 Å². The van der Waals surface area contributed by atoms with Gasteiger partial charge in [-0.3, -0.25) is 9.59 Å². The number of halogens is 2. The Kier molecular flexibility index (Phi) is 6.32. The van der Waals surface area contributed by atoms with Crippen molar-refractivity contribution in [1.29, 1.82) is 0 Å². The first-order chi connectivity index (χ1) is 13.3. The molecule has 1 saturated carbocycles. The number of hydrogen-bond acceptors (Lipinski definition) is 5. The van der Waals surface area contributed by atoms with Gasteiger partial charge >= 0.3 is 0 Å². The van der Waals surface area contributed by atoms with Gasteiger partial charge in [-0.15, -0.1) is 11.3 Å². The Morgan fingerprint density at radius 3 is 2.71 bits per heavy atom. The van der Waals surface area contributed by atoms with Crippen LogP contribution in [0.1, 0.15) is 29.1 Å². The number of benzene rings is 1. The number of aromatic nitrogens is 1. The zero-order valence-electron chi connectivity index (χ0n) is 15.6. The molecule has 1 aliphatic rings. The number of ether oxygens (including phenoxy) is 1. The average molecular weight is 426 g/mol. The molecule has 6 nitrogen and oxygen atoms in total. The van der Waals surface area contributed by atoms with Crippen LogP contribution in [0.15, 0.2) is 18.2 Å². The second-order valence-electron chi connectivity index (χ2n) is 6.76. The van der Waals surface area contributed by atoms with Gasteiger partial charge in [0.05, 0.1) is 17.3 Å². The van der Waals surface area contributed by atoms with Crippen molar-refractivity contribution < 1.29 is 18.7 Å². The van der Waals surface area contributed by atoms with Crippen molar-refractivity contribution >= 4 is 39.8 Å². The smallest absolute Gasteiger partial charge is 0.240 e. The van der Waals surface area contributed by atoms with Gasteiger partial charge in [-0.2, -0.15) is 0 Å². The summed E-state index contributed by atoms with van der Waals surface area (Å²) in [5, 5.41) is 7.22. The molecule has 1 fully saturated rings. The van der Waals surface area contributed by atoms with Gasteiger partial charge in [0.1, 0.15) is 16.2 Å². The summed E-state index contributed by atoms with van der Waals surface area (Å²) in [6, 6.07) is 4.34. The van der Waals surface area contributed by atoms with E-state index in [0.717, 1.165) is 5.01 Å². The predicted octanol–water partition coefficient (Wildman–Crippen LogP) is 3.32. The van der Waals surface area contributed by atoms with Gasteiger partial charge in [0.15, 0.2) is 0 Å². The van der Waals surface area contributed by atoms with Gasteiger partial charge in [-0.1, -0.05) is 11.6 Å². The van der Waals surface area contributed by atoms with Gasteiger partial charge in [0, 0.05) is 25.1 Å². The van der Waals surface area contributed by atoms with Crippen LogP contribution in [0.3, 0.4) is 0 Å². The first kappa shape index (κ1) is 20.7. The van der Waals surface area contributed by atoms with E-state index in [0.29, 0.717) is 53.7 Å². The summed E-state index contributed by atoms with van der Waals surface area (Å²) in [4.78, 5) is 29.5. The lowest BCUT2D eigenvalue weighted by Gasteiger charge is -2.14. The highest BCUT2D eigenvalue weighted by atomic mass is 35.5. The average Bonchev–Trinajstić information content (AvgIpc) is 3.36. The highest BCUT2D eigenvalue weighted by Gasteiger charge is 2.56. The number of thiazole rings is 1. The van der Waals surface area contributed by atoms with Gasteiger partial charge in [0.2, 0.25) is 11.8 Å². The summed E-state index contributed by atoms with van der Waals surface area (Å²) in [5.74, 6) is -1.01. The Hall–Kier alpha value is -2.03. The van der Waals surface area contributed by atoms with E-state index in [2.05, 4.69) is 15.6 Å². The topological polar surface area (TPSA) is 80.3 Å². The molecule has 0 saturated heterocycles. The molecule has 0 bridgehead atoms. The van der Waals surface area contributed by atoms with E-state index in [1.807, 2.05) is 0 Å². The Labute approximate surface area is 171 Å². The van der Waals surface area contributed by atoms with E-state index < -0.39 is 11.2 Å². The molecule has 150 valence electrons. The Bertz CT molecular complexity index is 878. The molecule has 9 heteroatoms. The minimum absolute atomic E-state index is 0.279. The summed E-state index contributed by atoms with van der Waals surface area (Å²) in [5.41, 5.74) is 0.347. The number of aryl methyl sites for hydroxylation is 1. The number of carbonyl (C=O) groups excluding carboxylic acids is 2. The van der Waals surface area contributed by atoms with Gasteiger partial charge in [-0.05, 0) is 43.5 Å². The number of anilines is 1. The van der Waals surface area contributed by atoms with E-state index >= 15 is 0 Å². The lowest BCUT2D eigenvalue weighted by molar-refractivity contribution is -0.134. The van der Waals surface area contributed by atoms with Crippen LogP contribution in [0.4, 0.5) is 9.39 Å². The maximum Gasteiger partial charge on any atom is 0.240 e. The Balaban J connectivity index is 1.66. The maximum atomic E-state index is 13.5. The fraction of sp³-hybridized carbons (Fsp3) is 0.421. The molecule has 0 atom stereocenters. The zero-order chi connectivity index (χ0) is 20.3. The largest absolute Gasteiger partial charge is 0.383 e. The number of hydrogen-bond donors (Lipinski definition) is 2. The van der Waals surface area contributed by atoms with Crippen LogP contribution >= 0.6 is 22.9 Å².